The molecule has 0 spiro atoms. The summed E-state index contributed by atoms with van der Waals surface area (Å²) in [5.41, 5.74) is 3.14. The summed E-state index contributed by atoms with van der Waals surface area (Å²) >= 11 is 6.33. The van der Waals surface area contributed by atoms with Crippen LogP contribution < -0.4 is 5.32 Å². The molecule has 3 aromatic carbocycles. The van der Waals surface area contributed by atoms with Gasteiger partial charge in [-0.1, -0.05) is 29.8 Å². The van der Waals surface area contributed by atoms with Gasteiger partial charge in [0.05, 0.1) is 15.6 Å². The molecule has 33 heavy (non-hydrogen) atoms. The Hall–Kier alpha value is -3.68. The highest BCUT2D eigenvalue weighted by molar-refractivity contribution is 7.90. The molecule has 6 nitrogen and oxygen atoms in total. The highest BCUT2D eigenvalue weighted by Gasteiger charge is 2.18. The molecule has 1 heterocycles. The lowest BCUT2D eigenvalue weighted by Crippen LogP contribution is -2.14. The van der Waals surface area contributed by atoms with Gasteiger partial charge in [0.1, 0.15) is 5.75 Å². The smallest absolute Gasteiger partial charge is 0.256 e. The summed E-state index contributed by atoms with van der Waals surface area (Å²) in [7, 11) is -3.49. The first kappa shape index (κ1) is 22.5. The Morgan fingerprint density at radius 1 is 0.939 bits per heavy atom. The number of benzene rings is 3. The van der Waals surface area contributed by atoms with Gasteiger partial charge in [-0.25, -0.2) is 8.42 Å². The molecule has 1 aromatic heterocycles. The minimum atomic E-state index is -3.49. The van der Waals surface area contributed by atoms with Gasteiger partial charge in [0.15, 0.2) is 9.84 Å². The minimum absolute atomic E-state index is 0.0623. The molecule has 0 bridgehead atoms. The van der Waals surface area contributed by atoms with Gasteiger partial charge in [0, 0.05) is 29.3 Å². The monoisotopic (exact) mass is 478 g/mol. The highest BCUT2D eigenvalue weighted by Crippen LogP contribution is 2.31. The van der Waals surface area contributed by atoms with Crippen LogP contribution >= 0.6 is 11.6 Å². The van der Waals surface area contributed by atoms with E-state index in [1.807, 2.05) is 12.1 Å². The number of pyridine rings is 1. The number of nitrogens with one attached hydrogen (secondary N) is 1. The van der Waals surface area contributed by atoms with Crippen molar-refractivity contribution >= 4 is 33.0 Å². The van der Waals surface area contributed by atoms with E-state index in [9.17, 15) is 18.3 Å². The molecule has 0 radical (unpaired) electrons. The van der Waals surface area contributed by atoms with Gasteiger partial charge in [0.25, 0.3) is 5.91 Å². The van der Waals surface area contributed by atoms with Crippen molar-refractivity contribution in [2.75, 3.05) is 11.6 Å². The van der Waals surface area contributed by atoms with E-state index >= 15 is 0 Å². The molecule has 0 saturated heterocycles. The second kappa shape index (κ2) is 9.05. The van der Waals surface area contributed by atoms with Crippen molar-refractivity contribution in [2.45, 2.75) is 4.90 Å². The van der Waals surface area contributed by atoms with Crippen molar-refractivity contribution < 1.29 is 18.3 Å². The first-order valence-corrected chi connectivity index (χ1v) is 12.1. The third kappa shape index (κ3) is 5.05. The number of phenolic OH excluding ortho intramolecular Hbond substituents is 1. The van der Waals surface area contributed by atoms with E-state index in [-0.39, 0.29) is 16.2 Å². The molecule has 0 fully saturated rings. The van der Waals surface area contributed by atoms with Crippen LogP contribution in [0.1, 0.15) is 10.4 Å². The van der Waals surface area contributed by atoms with Gasteiger partial charge in [-0.15, -0.1) is 0 Å². The summed E-state index contributed by atoms with van der Waals surface area (Å²) < 4.78 is 24.2. The molecule has 2 N–H and O–H groups in total. The lowest BCUT2D eigenvalue weighted by atomic mass is 9.99. The van der Waals surface area contributed by atoms with Crippen LogP contribution in [0.25, 0.3) is 22.4 Å². The summed E-state index contributed by atoms with van der Waals surface area (Å²) in [5.74, 6) is -0.361. The molecule has 0 aliphatic heterocycles. The van der Waals surface area contributed by atoms with Crippen LogP contribution in [0.4, 0.5) is 5.69 Å². The molecule has 0 unspecified atom stereocenters. The number of aromatic nitrogens is 1. The molecule has 4 rings (SSSR count). The van der Waals surface area contributed by atoms with Crippen LogP contribution in [-0.4, -0.2) is 30.7 Å². The van der Waals surface area contributed by atoms with Crippen molar-refractivity contribution in [3.05, 3.63) is 95.6 Å². The number of carbonyl (C=O) groups is 1. The average molecular weight is 479 g/mol. The fourth-order valence-electron chi connectivity index (χ4n) is 3.35. The fourth-order valence-corrected chi connectivity index (χ4v) is 4.21. The predicted octanol–water partition coefficient (Wildman–Crippen LogP) is 5.43. The molecule has 4 aromatic rings. The van der Waals surface area contributed by atoms with Gasteiger partial charge in [-0.05, 0) is 71.8 Å². The summed E-state index contributed by atoms with van der Waals surface area (Å²) in [4.78, 5) is 17.6. The Morgan fingerprint density at radius 3 is 2.36 bits per heavy atom. The van der Waals surface area contributed by atoms with Crippen LogP contribution in [0.15, 0.2) is 90.0 Å². The van der Waals surface area contributed by atoms with Gasteiger partial charge >= 0.3 is 0 Å². The second-order valence-corrected chi connectivity index (χ2v) is 9.81. The third-order valence-electron chi connectivity index (χ3n) is 5.01. The SMILES string of the molecule is CS(=O)(=O)c1ccc(C(=O)Nc2ccc(Cl)c(-c3ccccn3)c2)c(-c2ccc(O)cc2)c1. The number of aromatic hydroxyl groups is 1. The first-order chi connectivity index (χ1) is 15.7. The third-order valence-corrected chi connectivity index (χ3v) is 6.45. The quantitative estimate of drug-likeness (QED) is 0.398. The number of amides is 1. The number of nitrogens with zero attached hydrogens (tertiary/aromatic N) is 1. The van der Waals surface area contributed by atoms with Crippen LogP contribution in [0.2, 0.25) is 5.02 Å². The van der Waals surface area contributed by atoms with Crippen LogP contribution in [0.3, 0.4) is 0 Å². The van der Waals surface area contributed by atoms with Crippen LogP contribution in [0, 0.1) is 0 Å². The van der Waals surface area contributed by atoms with Gasteiger partial charge in [-0.2, -0.15) is 0 Å². The van der Waals surface area contributed by atoms with E-state index in [0.29, 0.717) is 33.1 Å². The Labute approximate surface area is 196 Å². The highest BCUT2D eigenvalue weighted by atomic mass is 35.5. The number of anilines is 1. The summed E-state index contributed by atoms with van der Waals surface area (Å²) in [6.45, 7) is 0. The number of sulfone groups is 1. The lowest BCUT2D eigenvalue weighted by molar-refractivity contribution is 0.102. The fraction of sp³-hybridized carbons (Fsp3) is 0.0400. The number of hydrogen-bond acceptors (Lipinski definition) is 5. The maximum Gasteiger partial charge on any atom is 0.256 e. The second-order valence-electron chi connectivity index (χ2n) is 7.39. The Bertz CT molecular complexity index is 1440. The van der Waals surface area contributed by atoms with Gasteiger partial charge in [0.2, 0.25) is 0 Å². The number of phenols is 1. The van der Waals surface area contributed by atoms with E-state index in [0.717, 1.165) is 6.26 Å². The van der Waals surface area contributed by atoms with Crippen molar-refractivity contribution in [1.29, 1.82) is 0 Å². The van der Waals surface area contributed by atoms with Gasteiger partial charge < -0.3 is 10.4 Å². The topological polar surface area (TPSA) is 96.4 Å². The number of halogens is 1. The van der Waals surface area contributed by atoms with E-state index in [1.54, 1.807) is 42.6 Å². The van der Waals surface area contributed by atoms with Crippen molar-refractivity contribution in [3.63, 3.8) is 0 Å². The standard InChI is InChI=1S/C25H19ClN2O4S/c1-33(31,32)19-10-11-20(21(15-19)16-5-8-18(29)9-6-16)25(30)28-17-7-12-23(26)22(14-17)24-4-2-3-13-27-24/h2-15,29H,1H3,(H,28,30). The van der Waals surface area contributed by atoms with Crippen molar-refractivity contribution in [2.24, 2.45) is 0 Å². The molecule has 0 atom stereocenters. The normalized spacial score (nSPS) is 11.2. The summed E-state index contributed by atoms with van der Waals surface area (Å²) in [6.07, 6.45) is 2.76. The largest absolute Gasteiger partial charge is 0.508 e. The number of carbonyl (C=O) groups excluding carboxylic acids is 1. The van der Waals surface area contributed by atoms with E-state index in [1.165, 1.54) is 30.3 Å². The zero-order chi connectivity index (χ0) is 23.6. The molecule has 0 aliphatic carbocycles. The van der Waals surface area contributed by atoms with Gasteiger partial charge in [-0.3, -0.25) is 9.78 Å². The predicted molar refractivity (Wildman–Crippen MR) is 129 cm³/mol. The Morgan fingerprint density at radius 2 is 1.70 bits per heavy atom. The first-order valence-electron chi connectivity index (χ1n) is 9.88. The molecular formula is C25H19ClN2O4S. The summed E-state index contributed by atoms with van der Waals surface area (Å²) in [5, 5.41) is 13.0. The molecule has 0 saturated carbocycles. The lowest BCUT2D eigenvalue weighted by Gasteiger charge is -2.13. The molecule has 0 aliphatic rings. The van der Waals surface area contributed by atoms with E-state index < -0.39 is 15.7 Å². The zero-order valence-corrected chi connectivity index (χ0v) is 19.1. The average Bonchev–Trinajstić information content (AvgIpc) is 2.80. The van der Waals surface area contributed by atoms with Crippen LogP contribution in [0.5, 0.6) is 5.75 Å². The van der Waals surface area contributed by atoms with Crippen LogP contribution in [-0.2, 0) is 9.84 Å². The molecular weight excluding hydrogens is 460 g/mol. The van der Waals surface area contributed by atoms with Crippen molar-refractivity contribution in [1.82, 2.24) is 4.98 Å². The molecule has 8 heteroatoms. The number of hydrogen-bond donors (Lipinski definition) is 2. The Balaban J connectivity index is 1.74. The summed E-state index contributed by atoms with van der Waals surface area (Å²) in [6, 6.07) is 21.1. The maximum atomic E-state index is 13.2. The number of rotatable bonds is 5. The molecule has 166 valence electrons. The maximum absolute atomic E-state index is 13.2. The van der Waals surface area contributed by atoms with Crippen molar-refractivity contribution in [3.8, 4) is 28.1 Å². The minimum Gasteiger partial charge on any atom is -0.508 e. The van der Waals surface area contributed by atoms with E-state index in [4.69, 9.17) is 11.6 Å². The zero-order valence-electron chi connectivity index (χ0n) is 17.5. The molecule has 1 amide bonds. The van der Waals surface area contributed by atoms with E-state index in [2.05, 4.69) is 10.3 Å². The Kier molecular flexibility index (Phi) is 6.18.